The van der Waals surface area contributed by atoms with Crippen LogP contribution in [0.2, 0.25) is 0 Å². The first kappa shape index (κ1) is 14.7. The zero-order valence-electron chi connectivity index (χ0n) is 10.4. The summed E-state index contributed by atoms with van der Waals surface area (Å²) in [7, 11) is 0. The van der Waals surface area contributed by atoms with Crippen LogP contribution in [0.4, 0.5) is 0 Å². The Morgan fingerprint density at radius 3 is 2.56 bits per heavy atom. The molecule has 1 aliphatic heterocycles. The Labute approximate surface area is 113 Å². The molecule has 1 saturated heterocycles. The normalized spacial score (nSPS) is 14.8. The van der Waals surface area contributed by atoms with Crippen LogP contribution in [0.1, 0.15) is 34.3 Å². The maximum atomic E-state index is 10.9. The van der Waals surface area contributed by atoms with Crippen molar-refractivity contribution in [1.29, 1.82) is 0 Å². The zero-order chi connectivity index (χ0) is 12.3. The van der Waals surface area contributed by atoms with E-state index in [2.05, 4.69) is 11.4 Å². The number of aromatic carboxylic acids is 1. The fraction of sp³-hybridized carbons (Fsp3) is 0.357. The minimum atomic E-state index is -0.858. The summed E-state index contributed by atoms with van der Waals surface area (Å²) in [4.78, 5) is 10.9. The summed E-state index contributed by atoms with van der Waals surface area (Å²) >= 11 is 0. The summed E-state index contributed by atoms with van der Waals surface area (Å²) in [6, 6.07) is 5.51. The molecule has 3 nitrogen and oxygen atoms in total. The van der Waals surface area contributed by atoms with Crippen LogP contribution in [-0.2, 0) is 0 Å². The Bertz CT molecular complexity index is 461. The highest BCUT2D eigenvalue weighted by molar-refractivity contribution is 5.89. The van der Waals surface area contributed by atoms with Gasteiger partial charge in [0.1, 0.15) is 0 Å². The SMILES string of the molecule is Cc1cc(C=C2CCNCC2)ccc1C(=O)O.Cl. The van der Waals surface area contributed by atoms with Gasteiger partial charge in [0.25, 0.3) is 0 Å². The van der Waals surface area contributed by atoms with E-state index < -0.39 is 5.97 Å². The van der Waals surface area contributed by atoms with E-state index in [1.165, 1.54) is 5.57 Å². The Kier molecular flexibility index (Phi) is 5.38. The lowest BCUT2D eigenvalue weighted by Gasteiger charge is -2.15. The highest BCUT2D eigenvalue weighted by Gasteiger charge is 2.08. The van der Waals surface area contributed by atoms with E-state index in [4.69, 9.17) is 5.11 Å². The summed E-state index contributed by atoms with van der Waals surface area (Å²) in [5.74, 6) is -0.858. The van der Waals surface area contributed by atoms with Crippen LogP contribution < -0.4 is 5.32 Å². The van der Waals surface area contributed by atoms with Gasteiger partial charge in [0.05, 0.1) is 5.56 Å². The van der Waals surface area contributed by atoms with Gasteiger partial charge < -0.3 is 10.4 Å². The van der Waals surface area contributed by atoms with E-state index in [0.717, 1.165) is 37.1 Å². The molecule has 1 aromatic carbocycles. The van der Waals surface area contributed by atoms with Crippen LogP contribution in [-0.4, -0.2) is 24.2 Å². The molecule has 2 rings (SSSR count). The monoisotopic (exact) mass is 267 g/mol. The number of hydrogen-bond donors (Lipinski definition) is 2. The first-order valence-electron chi connectivity index (χ1n) is 5.91. The van der Waals surface area contributed by atoms with Crippen molar-refractivity contribution in [2.75, 3.05) is 13.1 Å². The van der Waals surface area contributed by atoms with Crippen molar-refractivity contribution >= 4 is 24.5 Å². The highest BCUT2D eigenvalue weighted by Crippen LogP contribution is 2.18. The van der Waals surface area contributed by atoms with Crippen LogP contribution in [0.5, 0.6) is 0 Å². The van der Waals surface area contributed by atoms with Crippen molar-refractivity contribution in [2.24, 2.45) is 0 Å². The first-order chi connectivity index (χ1) is 8.16. The third-order valence-corrected chi connectivity index (χ3v) is 3.10. The van der Waals surface area contributed by atoms with Crippen molar-refractivity contribution in [2.45, 2.75) is 19.8 Å². The fourth-order valence-electron chi connectivity index (χ4n) is 2.14. The predicted molar refractivity (Wildman–Crippen MR) is 75.5 cm³/mol. The maximum absolute atomic E-state index is 10.9. The maximum Gasteiger partial charge on any atom is 0.335 e. The molecule has 1 aromatic rings. The zero-order valence-corrected chi connectivity index (χ0v) is 11.2. The summed E-state index contributed by atoms with van der Waals surface area (Å²) in [5, 5.41) is 12.3. The van der Waals surface area contributed by atoms with E-state index in [1.807, 2.05) is 19.1 Å². The lowest BCUT2D eigenvalue weighted by atomic mass is 9.99. The third kappa shape index (κ3) is 3.59. The first-order valence-corrected chi connectivity index (χ1v) is 5.91. The van der Waals surface area contributed by atoms with E-state index in [1.54, 1.807) is 6.07 Å². The third-order valence-electron chi connectivity index (χ3n) is 3.10. The van der Waals surface area contributed by atoms with Crippen molar-refractivity contribution in [3.8, 4) is 0 Å². The van der Waals surface area contributed by atoms with Crippen LogP contribution >= 0.6 is 12.4 Å². The minimum absolute atomic E-state index is 0. The van der Waals surface area contributed by atoms with Gasteiger partial charge in [-0.05, 0) is 50.0 Å². The van der Waals surface area contributed by atoms with E-state index in [-0.39, 0.29) is 12.4 Å². The molecule has 0 bridgehead atoms. The predicted octanol–water partition coefficient (Wildman–Crippen LogP) is 2.88. The average Bonchev–Trinajstić information content (AvgIpc) is 2.30. The van der Waals surface area contributed by atoms with E-state index in [0.29, 0.717) is 5.56 Å². The number of aryl methyl sites for hydroxylation is 1. The van der Waals surface area contributed by atoms with Gasteiger partial charge in [-0.25, -0.2) is 4.79 Å². The van der Waals surface area contributed by atoms with E-state index in [9.17, 15) is 4.79 Å². The second kappa shape index (κ2) is 6.57. The second-order valence-corrected chi connectivity index (χ2v) is 4.43. The van der Waals surface area contributed by atoms with Crippen LogP contribution in [0, 0.1) is 6.92 Å². The molecule has 1 fully saturated rings. The molecule has 98 valence electrons. The molecule has 4 heteroatoms. The molecule has 0 saturated carbocycles. The molecule has 18 heavy (non-hydrogen) atoms. The summed E-state index contributed by atoms with van der Waals surface area (Å²) < 4.78 is 0. The molecule has 0 radical (unpaired) electrons. The number of halogens is 1. The number of hydrogen-bond acceptors (Lipinski definition) is 2. The van der Waals surface area contributed by atoms with Gasteiger partial charge in [-0.2, -0.15) is 0 Å². The smallest absolute Gasteiger partial charge is 0.335 e. The number of piperidine rings is 1. The Hall–Kier alpha value is -1.32. The number of carboxylic acids is 1. The highest BCUT2D eigenvalue weighted by atomic mass is 35.5. The number of benzene rings is 1. The molecule has 0 spiro atoms. The Morgan fingerprint density at radius 2 is 2.00 bits per heavy atom. The summed E-state index contributed by atoms with van der Waals surface area (Å²) in [5.41, 5.74) is 3.74. The average molecular weight is 268 g/mol. The second-order valence-electron chi connectivity index (χ2n) is 4.43. The topological polar surface area (TPSA) is 49.3 Å². The van der Waals surface area contributed by atoms with Crippen LogP contribution in [0.3, 0.4) is 0 Å². The molecule has 0 unspecified atom stereocenters. The molecule has 0 aliphatic carbocycles. The van der Waals surface area contributed by atoms with Gasteiger partial charge in [0, 0.05) is 0 Å². The number of rotatable bonds is 2. The number of carboxylic acid groups (broad SMARTS) is 1. The molecular formula is C14H18ClNO2. The van der Waals surface area contributed by atoms with Gasteiger partial charge in [-0.3, -0.25) is 0 Å². The van der Waals surface area contributed by atoms with Gasteiger partial charge in [0.2, 0.25) is 0 Å². The minimum Gasteiger partial charge on any atom is -0.478 e. The number of nitrogens with one attached hydrogen (secondary N) is 1. The van der Waals surface area contributed by atoms with Crippen molar-refractivity contribution in [3.05, 3.63) is 40.5 Å². The van der Waals surface area contributed by atoms with Crippen LogP contribution in [0.25, 0.3) is 6.08 Å². The summed E-state index contributed by atoms with van der Waals surface area (Å²) in [6.45, 7) is 3.92. The van der Waals surface area contributed by atoms with Gasteiger partial charge in [-0.15, -0.1) is 12.4 Å². The molecule has 1 aliphatic rings. The largest absolute Gasteiger partial charge is 0.478 e. The van der Waals surface area contributed by atoms with Crippen molar-refractivity contribution < 1.29 is 9.90 Å². The van der Waals surface area contributed by atoms with Gasteiger partial charge >= 0.3 is 5.97 Å². The van der Waals surface area contributed by atoms with Gasteiger partial charge in [-0.1, -0.05) is 23.8 Å². The standard InChI is InChI=1S/C14H17NO2.ClH/c1-10-8-12(2-3-13(10)14(16)17)9-11-4-6-15-7-5-11;/h2-3,8-9,15H,4-7H2,1H3,(H,16,17);1H. The molecular weight excluding hydrogens is 250 g/mol. The fourth-order valence-corrected chi connectivity index (χ4v) is 2.14. The lowest BCUT2D eigenvalue weighted by molar-refractivity contribution is 0.0696. The molecule has 2 N–H and O–H groups in total. The van der Waals surface area contributed by atoms with E-state index >= 15 is 0 Å². The quantitative estimate of drug-likeness (QED) is 0.866. The van der Waals surface area contributed by atoms with Gasteiger partial charge in [0.15, 0.2) is 0 Å². The Balaban J connectivity index is 0.00000162. The Morgan fingerprint density at radius 1 is 1.33 bits per heavy atom. The van der Waals surface area contributed by atoms with Crippen LogP contribution in [0.15, 0.2) is 23.8 Å². The van der Waals surface area contributed by atoms with Crippen molar-refractivity contribution in [3.63, 3.8) is 0 Å². The summed E-state index contributed by atoms with van der Waals surface area (Å²) in [6.07, 6.45) is 4.35. The molecule has 0 amide bonds. The molecule has 0 aromatic heterocycles. The lowest BCUT2D eigenvalue weighted by Crippen LogP contribution is -2.22. The van der Waals surface area contributed by atoms with Crippen molar-refractivity contribution in [1.82, 2.24) is 5.32 Å². The molecule has 0 atom stereocenters. The molecule has 1 heterocycles. The number of carbonyl (C=O) groups is 1.